The van der Waals surface area contributed by atoms with Gasteiger partial charge in [0, 0.05) is 17.4 Å². The van der Waals surface area contributed by atoms with Crippen molar-refractivity contribution in [2.24, 2.45) is 5.92 Å². The average Bonchev–Trinajstić information content (AvgIpc) is 3.22. The summed E-state index contributed by atoms with van der Waals surface area (Å²) in [6.07, 6.45) is -0.784. The van der Waals surface area contributed by atoms with E-state index in [9.17, 15) is 29.4 Å². The van der Waals surface area contributed by atoms with E-state index in [-0.39, 0.29) is 34.5 Å². The van der Waals surface area contributed by atoms with Crippen LogP contribution in [0.3, 0.4) is 0 Å². The minimum absolute atomic E-state index is 0.103. The molecule has 0 radical (unpaired) electrons. The van der Waals surface area contributed by atoms with Crippen molar-refractivity contribution in [1.82, 2.24) is 20.0 Å². The van der Waals surface area contributed by atoms with Crippen molar-refractivity contribution in [1.29, 1.82) is 0 Å². The fourth-order valence-corrected chi connectivity index (χ4v) is 6.00. The molecule has 148 valence electrons. The van der Waals surface area contributed by atoms with Gasteiger partial charge >= 0.3 is 12.1 Å². The number of halogens is 1. The number of anilines is 1. The third-order valence-electron chi connectivity index (χ3n) is 4.77. The molecule has 0 aliphatic carbocycles. The van der Waals surface area contributed by atoms with Gasteiger partial charge in [-0.2, -0.15) is 0 Å². The van der Waals surface area contributed by atoms with Crippen molar-refractivity contribution >= 4 is 68.0 Å². The second-order valence-electron chi connectivity index (χ2n) is 6.19. The number of carboxylic acids is 1. The molecule has 3 atom stereocenters. The molecule has 3 aliphatic rings. The number of β-lactam (4-membered cyclic amide) rings is 1. The zero-order valence-electron chi connectivity index (χ0n) is 13.9. The smallest absolute Gasteiger partial charge is 0.408 e. The average molecular weight is 490 g/mol. The van der Waals surface area contributed by atoms with Crippen LogP contribution in [0.2, 0.25) is 0 Å². The number of carbonyl (C=O) groups is 4. The quantitative estimate of drug-likeness (QED) is 0.310. The van der Waals surface area contributed by atoms with Gasteiger partial charge in [0.15, 0.2) is 4.34 Å². The fraction of sp³-hybridized carbons (Fsp3) is 0.429. The molecule has 1 unspecified atom stereocenters. The Morgan fingerprint density at radius 3 is 2.71 bits per heavy atom. The first-order valence-corrected chi connectivity index (χ1v) is 10.8. The molecule has 3 N–H and O–H groups in total. The van der Waals surface area contributed by atoms with Crippen LogP contribution in [0, 0.1) is 5.92 Å². The Bertz CT molecular complexity index is 935. The summed E-state index contributed by atoms with van der Waals surface area (Å²) < 4.78 is 0.422. The molecule has 2 fully saturated rings. The predicted octanol–water partition coefficient (Wildman–Crippen LogP) is 0.853. The molecule has 1 aromatic rings. The van der Waals surface area contributed by atoms with E-state index in [1.54, 1.807) is 0 Å². The predicted molar refractivity (Wildman–Crippen MR) is 100 cm³/mol. The molecular weight excluding hydrogens is 478 g/mol. The number of alkyl halides is 1. The molecule has 0 saturated carbocycles. The number of amides is 3. The summed E-state index contributed by atoms with van der Waals surface area (Å²) >= 11 is 5.21. The SMILES string of the molecule is O=C(CBr)Nc1nnc(SC2=C(C(=O)O)N3C(=O)[C@@H]4[C@H]3C2CCN4C(=O)O)s1. The van der Waals surface area contributed by atoms with Crippen LogP contribution in [0.25, 0.3) is 0 Å². The molecule has 1 aromatic heterocycles. The number of carbonyl (C=O) groups excluding carboxylic acids is 2. The number of aromatic nitrogens is 2. The van der Waals surface area contributed by atoms with Gasteiger partial charge in [0.2, 0.25) is 11.0 Å². The second-order valence-corrected chi connectivity index (χ2v) is 9.02. The summed E-state index contributed by atoms with van der Waals surface area (Å²) in [4.78, 5) is 49.9. The van der Waals surface area contributed by atoms with Crippen molar-refractivity contribution in [3.8, 4) is 0 Å². The van der Waals surface area contributed by atoms with Crippen LogP contribution >= 0.6 is 39.0 Å². The summed E-state index contributed by atoms with van der Waals surface area (Å²) in [5, 5.41) is 29.7. The summed E-state index contributed by atoms with van der Waals surface area (Å²) in [6, 6.07) is -1.36. The summed E-state index contributed by atoms with van der Waals surface area (Å²) in [5.41, 5.74) is -0.130. The summed E-state index contributed by atoms with van der Waals surface area (Å²) in [6.45, 7) is 0.153. The van der Waals surface area contributed by atoms with Gasteiger partial charge in [-0.15, -0.1) is 10.2 Å². The number of piperidine rings is 1. The van der Waals surface area contributed by atoms with E-state index in [4.69, 9.17) is 0 Å². The van der Waals surface area contributed by atoms with E-state index < -0.39 is 30.1 Å². The number of carboxylic acid groups (broad SMARTS) is 2. The summed E-state index contributed by atoms with van der Waals surface area (Å²) in [7, 11) is 0. The lowest BCUT2D eigenvalue weighted by molar-refractivity contribution is -0.161. The highest BCUT2D eigenvalue weighted by atomic mass is 79.9. The largest absolute Gasteiger partial charge is 0.477 e. The third-order valence-corrected chi connectivity index (χ3v) is 7.39. The molecule has 11 nitrogen and oxygen atoms in total. The maximum Gasteiger partial charge on any atom is 0.408 e. The third kappa shape index (κ3) is 2.86. The van der Waals surface area contributed by atoms with Crippen LogP contribution in [-0.2, 0) is 14.4 Å². The van der Waals surface area contributed by atoms with Crippen LogP contribution in [0.1, 0.15) is 6.42 Å². The van der Waals surface area contributed by atoms with E-state index in [0.717, 1.165) is 28.0 Å². The van der Waals surface area contributed by atoms with Gasteiger partial charge in [-0.3, -0.25) is 24.7 Å². The van der Waals surface area contributed by atoms with Gasteiger partial charge < -0.3 is 10.2 Å². The van der Waals surface area contributed by atoms with Gasteiger partial charge in [-0.25, -0.2) is 9.59 Å². The lowest BCUT2D eigenvalue weighted by Gasteiger charge is -2.52. The molecule has 4 heterocycles. The molecule has 3 amide bonds. The highest BCUT2D eigenvalue weighted by molar-refractivity contribution is 9.09. The van der Waals surface area contributed by atoms with Crippen molar-refractivity contribution < 1.29 is 29.4 Å². The number of nitrogens with one attached hydrogen (secondary N) is 1. The Hall–Kier alpha value is -2.19. The molecule has 0 spiro atoms. The van der Waals surface area contributed by atoms with E-state index in [1.807, 2.05) is 0 Å². The van der Waals surface area contributed by atoms with Crippen LogP contribution in [0.15, 0.2) is 14.9 Å². The number of rotatable bonds is 5. The Kier molecular flexibility index (Phi) is 4.79. The molecule has 14 heteroatoms. The van der Waals surface area contributed by atoms with E-state index in [0.29, 0.717) is 15.7 Å². The maximum atomic E-state index is 12.5. The Morgan fingerprint density at radius 1 is 1.32 bits per heavy atom. The van der Waals surface area contributed by atoms with Gasteiger partial charge in [0.05, 0.1) is 11.4 Å². The Labute approximate surface area is 173 Å². The van der Waals surface area contributed by atoms with E-state index >= 15 is 0 Å². The van der Waals surface area contributed by atoms with Gasteiger partial charge in [0.1, 0.15) is 11.7 Å². The molecule has 0 aromatic carbocycles. The van der Waals surface area contributed by atoms with Crippen molar-refractivity contribution in [2.45, 2.75) is 22.8 Å². The van der Waals surface area contributed by atoms with Crippen molar-refractivity contribution in [3.05, 3.63) is 10.6 Å². The molecule has 0 bridgehead atoms. The van der Waals surface area contributed by atoms with Gasteiger partial charge in [0.25, 0.3) is 5.91 Å². The topological polar surface area (TPSA) is 153 Å². The first-order chi connectivity index (χ1) is 13.3. The molecule has 2 saturated heterocycles. The number of hydrogen-bond donors (Lipinski definition) is 3. The number of likely N-dealkylation sites (tertiary alicyclic amines) is 1. The second kappa shape index (κ2) is 7.00. The van der Waals surface area contributed by atoms with E-state index in [2.05, 4.69) is 31.4 Å². The zero-order valence-corrected chi connectivity index (χ0v) is 17.1. The van der Waals surface area contributed by atoms with Crippen molar-refractivity contribution in [2.75, 3.05) is 17.2 Å². The van der Waals surface area contributed by atoms with Gasteiger partial charge in [-0.05, 0) is 6.42 Å². The normalized spacial score (nSPS) is 25.5. The lowest BCUT2D eigenvalue weighted by Crippen LogP contribution is -2.73. The van der Waals surface area contributed by atoms with E-state index in [1.165, 1.54) is 4.90 Å². The highest BCUT2D eigenvalue weighted by Gasteiger charge is 2.64. The lowest BCUT2D eigenvalue weighted by atomic mass is 9.81. The van der Waals surface area contributed by atoms with Crippen LogP contribution in [0.4, 0.5) is 9.93 Å². The summed E-state index contributed by atoms with van der Waals surface area (Å²) in [5.74, 6) is -2.34. The highest BCUT2D eigenvalue weighted by Crippen LogP contribution is 2.53. The Morgan fingerprint density at radius 2 is 2.07 bits per heavy atom. The minimum atomic E-state index is -1.25. The van der Waals surface area contributed by atoms with Crippen LogP contribution in [0.5, 0.6) is 0 Å². The van der Waals surface area contributed by atoms with Crippen LogP contribution < -0.4 is 5.32 Å². The number of hydrogen-bond acceptors (Lipinski definition) is 8. The monoisotopic (exact) mass is 489 g/mol. The standard InChI is InChI=1S/C14H12BrN5O6S2/c15-3-5(21)16-12-17-18-13(28-12)27-9-4-1-2-19(14(25)26)7-6(4)20(10(7)22)8(9)11(23)24/h4,6-7H,1-3H2,(H,23,24)(H,25,26)(H,16,17,21)/t4?,6-,7+/m1/s1. The minimum Gasteiger partial charge on any atom is -0.477 e. The number of nitrogens with zero attached hydrogens (tertiary/aromatic N) is 4. The number of aliphatic carboxylic acids is 1. The fourth-order valence-electron chi connectivity index (χ4n) is 3.74. The zero-order chi connectivity index (χ0) is 20.2. The van der Waals surface area contributed by atoms with Crippen LogP contribution in [-0.4, -0.2) is 78.0 Å². The first kappa shape index (κ1) is 19.1. The molecule has 3 aliphatic heterocycles. The molecule has 28 heavy (non-hydrogen) atoms. The Balaban J connectivity index is 1.62. The molecular formula is C14H12BrN5O6S2. The van der Waals surface area contributed by atoms with Crippen molar-refractivity contribution in [3.63, 3.8) is 0 Å². The maximum absolute atomic E-state index is 12.5. The first-order valence-electron chi connectivity index (χ1n) is 8.00. The van der Waals surface area contributed by atoms with Gasteiger partial charge in [-0.1, -0.05) is 39.0 Å². The number of thioether (sulfide) groups is 1. The molecule has 4 rings (SSSR count).